The highest BCUT2D eigenvalue weighted by molar-refractivity contribution is 5.90. The van der Waals surface area contributed by atoms with E-state index in [1.165, 1.54) is 12.1 Å². The van der Waals surface area contributed by atoms with Crippen molar-refractivity contribution in [3.8, 4) is 34.4 Å². The third-order valence-electron chi connectivity index (χ3n) is 4.41. The van der Waals surface area contributed by atoms with E-state index in [9.17, 15) is 10.2 Å². The lowest BCUT2D eigenvalue weighted by molar-refractivity contribution is 0.458. The van der Waals surface area contributed by atoms with Gasteiger partial charge in [0.15, 0.2) is 11.2 Å². The van der Waals surface area contributed by atoms with Crippen molar-refractivity contribution in [3.63, 3.8) is 0 Å². The second-order valence-corrected chi connectivity index (χ2v) is 6.35. The molecule has 0 amide bonds. The van der Waals surface area contributed by atoms with Crippen LogP contribution in [0.25, 0.3) is 45.1 Å². The number of fused-ring (bicyclic) bond motifs is 2. The van der Waals surface area contributed by atoms with Gasteiger partial charge in [-0.25, -0.2) is 9.97 Å². The third-order valence-corrected chi connectivity index (χ3v) is 4.41. The van der Waals surface area contributed by atoms with Crippen LogP contribution in [0, 0.1) is 0 Å². The van der Waals surface area contributed by atoms with Crippen molar-refractivity contribution in [2.24, 2.45) is 0 Å². The highest BCUT2D eigenvalue weighted by Crippen LogP contribution is 2.44. The van der Waals surface area contributed by atoms with Gasteiger partial charge in [0.25, 0.3) is 0 Å². The Morgan fingerprint density at radius 3 is 1.50 bits per heavy atom. The molecule has 138 valence electrons. The molecule has 0 aliphatic carbocycles. The van der Waals surface area contributed by atoms with Gasteiger partial charge in [-0.15, -0.1) is 0 Å². The van der Waals surface area contributed by atoms with E-state index in [2.05, 4.69) is 9.97 Å². The molecule has 0 aliphatic heterocycles. The van der Waals surface area contributed by atoms with Gasteiger partial charge in [0.05, 0.1) is 11.1 Å². The number of anilines is 2. The summed E-state index contributed by atoms with van der Waals surface area (Å²) in [5.74, 6) is -0.0836. The maximum atomic E-state index is 10.5. The zero-order valence-electron chi connectivity index (χ0n) is 14.4. The molecule has 0 aliphatic rings. The summed E-state index contributed by atoms with van der Waals surface area (Å²) in [6, 6.07) is 12.7. The molecule has 0 radical (unpaired) electrons. The molecule has 0 atom stereocenters. The average molecular weight is 374 g/mol. The zero-order valence-corrected chi connectivity index (χ0v) is 14.4. The van der Waals surface area contributed by atoms with Crippen LogP contribution < -0.4 is 11.5 Å². The van der Waals surface area contributed by atoms with Crippen LogP contribution in [0.1, 0.15) is 0 Å². The number of nitrogen functional groups attached to an aromatic ring is 2. The standard InChI is InChI=1S/C20H14N4O4/c21-9-1-5-15-11(7-9)23-19(27-15)17-13(25)3-4-14(26)18(17)20-24-12-8-10(22)2-6-16(12)28-20/h1-8,25-26H,21-22H2. The first-order valence-electron chi connectivity index (χ1n) is 8.37. The Balaban J connectivity index is 1.78. The van der Waals surface area contributed by atoms with E-state index < -0.39 is 0 Å². The maximum Gasteiger partial charge on any atom is 0.232 e. The van der Waals surface area contributed by atoms with E-state index >= 15 is 0 Å². The molecular weight excluding hydrogens is 360 g/mol. The Hall–Kier alpha value is -4.20. The SMILES string of the molecule is Nc1ccc2oc(-c3c(O)ccc(O)c3-c3nc4cc(N)ccc4o3)nc2c1. The van der Waals surface area contributed by atoms with Crippen LogP contribution in [-0.2, 0) is 0 Å². The minimum Gasteiger partial charge on any atom is -0.507 e. The number of aromatic nitrogens is 2. The smallest absolute Gasteiger partial charge is 0.232 e. The first kappa shape index (κ1) is 16.0. The number of oxazole rings is 2. The summed E-state index contributed by atoms with van der Waals surface area (Å²) < 4.78 is 11.5. The minimum absolute atomic E-state index is 0.103. The molecule has 0 fully saturated rings. The predicted octanol–water partition coefficient (Wildman–Crippen LogP) is 3.88. The molecule has 8 heteroatoms. The van der Waals surface area contributed by atoms with Crippen LogP contribution >= 0.6 is 0 Å². The fourth-order valence-corrected chi connectivity index (χ4v) is 3.12. The van der Waals surface area contributed by atoms with E-state index in [1.54, 1.807) is 36.4 Å². The molecule has 5 aromatic rings. The second kappa shape index (κ2) is 5.65. The van der Waals surface area contributed by atoms with Gasteiger partial charge >= 0.3 is 0 Å². The largest absolute Gasteiger partial charge is 0.507 e. The summed E-state index contributed by atoms with van der Waals surface area (Å²) in [4.78, 5) is 8.79. The van der Waals surface area contributed by atoms with E-state index in [0.29, 0.717) is 33.6 Å². The lowest BCUT2D eigenvalue weighted by atomic mass is 10.0. The molecular formula is C20H14N4O4. The fraction of sp³-hybridized carbons (Fsp3) is 0. The first-order valence-corrected chi connectivity index (χ1v) is 8.37. The highest BCUT2D eigenvalue weighted by Gasteiger charge is 2.25. The minimum atomic E-state index is -0.144. The van der Waals surface area contributed by atoms with Gasteiger partial charge < -0.3 is 30.5 Å². The fourth-order valence-electron chi connectivity index (χ4n) is 3.12. The summed E-state index contributed by atoms with van der Waals surface area (Å²) in [5.41, 5.74) is 15.0. The molecule has 0 unspecified atom stereocenters. The maximum absolute atomic E-state index is 10.5. The highest BCUT2D eigenvalue weighted by atomic mass is 16.4. The number of hydrogen-bond acceptors (Lipinski definition) is 8. The molecule has 5 rings (SSSR count). The van der Waals surface area contributed by atoms with Crippen LogP contribution in [0.15, 0.2) is 57.4 Å². The van der Waals surface area contributed by atoms with Crippen molar-refractivity contribution >= 4 is 33.6 Å². The molecule has 0 bridgehead atoms. The number of phenols is 2. The molecule has 6 N–H and O–H groups in total. The van der Waals surface area contributed by atoms with E-state index in [0.717, 1.165) is 0 Å². The van der Waals surface area contributed by atoms with Gasteiger partial charge in [-0.1, -0.05) is 0 Å². The number of nitrogens with zero attached hydrogens (tertiary/aromatic N) is 2. The molecule has 8 nitrogen and oxygen atoms in total. The predicted molar refractivity (Wildman–Crippen MR) is 105 cm³/mol. The Morgan fingerprint density at radius 1 is 0.643 bits per heavy atom. The van der Waals surface area contributed by atoms with Crippen molar-refractivity contribution in [3.05, 3.63) is 48.5 Å². The molecule has 0 saturated carbocycles. The number of phenolic OH excluding ortho intramolecular Hbond substituents is 2. The summed E-state index contributed by atoms with van der Waals surface area (Å²) in [6.45, 7) is 0. The summed E-state index contributed by atoms with van der Waals surface area (Å²) in [5, 5.41) is 21.0. The Bertz CT molecular complexity index is 1260. The van der Waals surface area contributed by atoms with Crippen LogP contribution in [0.2, 0.25) is 0 Å². The van der Waals surface area contributed by atoms with Gasteiger partial charge in [-0.05, 0) is 48.5 Å². The average Bonchev–Trinajstić information content (AvgIpc) is 3.25. The monoisotopic (exact) mass is 374 g/mol. The molecule has 0 saturated heterocycles. The van der Waals surface area contributed by atoms with Gasteiger partial charge in [-0.2, -0.15) is 0 Å². The Morgan fingerprint density at radius 2 is 1.07 bits per heavy atom. The summed E-state index contributed by atoms with van der Waals surface area (Å²) in [7, 11) is 0. The van der Waals surface area contributed by atoms with Crippen LogP contribution in [-0.4, -0.2) is 20.2 Å². The third kappa shape index (κ3) is 2.39. The normalized spacial score (nSPS) is 11.4. The van der Waals surface area contributed by atoms with Gasteiger partial charge in [0.1, 0.15) is 22.5 Å². The number of hydrogen-bond donors (Lipinski definition) is 4. The lowest BCUT2D eigenvalue weighted by Crippen LogP contribution is -1.88. The lowest BCUT2D eigenvalue weighted by Gasteiger charge is -2.07. The van der Waals surface area contributed by atoms with Crippen molar-refractivity contribution in [2.75, 3.05) is 11.5 Å². The number of nitrogens with two attached hydrogens (primary N) is 2. The van der Waals surface area contributed by atoms with E-state index in [1.807, 2.05) is 0 Å². The molecule has 2 heterocycles. The topological polar surface area (TPSA) is 145 Å². The van der Waals surface area contributed by atoms with Crippen LogP contribution in [0.5, 0.6) is 11.5 Å². The van der Waals surface area contributed by atoms with Crippen molar-refractivity contribution in [1.82, 2.24) is 9.97 Å². The second-order valence-electron chi connectivity index (χ2n) is 6.35. The Labute approximate surface area is 157 Å². The zero-order chi connectivity index (χ0) is 19.4. The number of aromatic hydroxyl groups is 2. The van der Waals surface area contributed by atoms with E-state index in [-0.39, 0.29) is 34.4 Å². The van der Waals surface area contributed by atoms with Crippen LogP contribution in [0.4, 0.5) is 11.4 Å². The van der Waals surface area contributed by atoms with Crippen molar-refractivity contribution < 1.29 is 19.0 Å². The molecule has 3 aromatic carbocycles. The Kier molecular flexibility index (Phi) is 3.23. The molecule has 2 aromatic heterocycles. The molecule has 28 heavy (non-hydrogen) atoms. The van der Waals surface area contributed by atoms with Gasteiger partial charge in [0, 0.05) is 11.4 Å². The number of rotatable bonds is 2. The van der Waals surface area contributed by atoms with Gasteiger partial charge in [0.2, 0.25) is 11.8 Å². The van der Waals surface area contributed by atoms with Crippen molar-refractivity contribution in [2.45, 2.75) is 0 Å². The van der Waals surface area contributed by atoms with Gasteiger partial charge in [-0.3, -0.25) is 0 Å². The quantitative estimate of drug-likeness (QED) is 0.269. The molecule has 0 spiro atoms. The summed E-state index contributed by atoms with van der Waals surface area (Å²) >= 11 is 0. The number of benzene rings is 3. The van der Waals surface area contributed by atoms with Crippen molar-refractivity contribution in [1.29, 1.82) is 0 Å². The summed E-state index contributed by atoms with van der Waals surface area (Å²) in [6.07, 6.45) is 0. The van der Waals surface area contributed by atoms with Crippen LogP contribution in [0.3, 0.4) is 0 Å². The first-order chi connectivity index (χ1) is 13.5. The van der Waals surface area contributed by atoms with E-state index in [4.69, 9.17) is 20.3 Å².